The SMILES string of the molecule is O=C(Nc1ccc(C(F)(F)F)c(Br)c1)N1C2CCC1c1cncnc1C2. The Morgan fingerprint density at radius 2 is 2.12 bits per heavy atom. The summed E-state index contributed by atoms with van der Waals surface area (Å²) in [6.07, 6.45) is 1.16. The van der Waals surface area contributed by atoms with E-state index in [2.05, 4.69) is 31.2 Å². The Labute approximate surface area is 155 Å². The van der Waals surface area contributed by atoms with Gasteiger partial charge in [-0.25, -0.2) is 14.8 Å². The van der Waals surface area contributed by atoms with E-state index in [0.29, 0.717) is 12.1 Å². The lowest BCUT2D eigenvalue weighted by molar-refractivity contribution is -0.138. The molecule has 3 heterocycles. The quantitative estimate of drug-likeness (QED) is 0.727. The molecule has 0 spiro atoms. The molecule has 0 saturated carbocycles. The number of amides is 2. The highest BCUT2D eigenvalue weighted by Crippen LogP contribution is 2.43. The lowest BCUT2D eigenvalue weighted by Gasteiger charge is -2.35. The smallest absolute Gasteiger partial charge is 0.314 e. The van der Waals surface area contributed by atoms with Gasteiger partial charge in [-0.2, -0.15) is 13.2 Å². The molecule has 4 rings (SSSR count). The van der Waals surface area contributed by atoms with Crippen LogP contribution in [0.15, 0.2) is 35.2 Å². The van der Waals surface area contributed by atoms with Crippen LogP contribution in [0.25, 0.3) is 0 Å². The van der Waals surface area contributed by atoms with Gasteiger partial charge in [-0.15, -0.1) is 0 Å². The van der Waals surface area contributed by atoms with Crippen LogP contribution in [-0.2, 0) is 12.6 Å². The van der Waals surface area contributed by atoms with E-state index in [0.717, 1.165) is 30.2 Å². The Bertz CT molecular complexity index is 873. The summed E-state index contributed by atoms with van der Waals surface area (Å²) in [5.74, 6) is 0. The van der Waals surface area contributed by atoms with Crippen molar-refractivity contribution in [3.05, 3.63) is 52.0 Å². The number of carbonyl (C=O) groups is 1. The normalized spacial score (nSPS) is 21.5. The van der Waals surface area contributed by atoms with E-state index < -0.39 is 11.7 Å². The molecule has 9 heteroatoms. The summed E-state index contributed by atoms with van der Waals surface area (Å²) < 4.78 is 38.4. The average molecular weight is 427 g/mol. The molecule has 1 aromatic carbocycles. The van der Waals surface area contributed by atoms with E-state index >= 15 is 0 Å². The maximum Gasteiger partial charge on any atom is 0.417 e. The summed E-state index contributed by atoms with van der Waals surface area (Å²) in [7, 11) is 0. The number of nitrogens with zero attached hydrogens (tertiary/aromatic N) is 3. The second-order valence-electron chi connectivity index (χ2n) is 6.41. The number of fused-ring (bicyclic) bond motifs is 4. The Morgan fingerprint density at radius 3 is 2.85 bits per heavy atom. The molecule has 5 nitrogen and oxygen atoms in total. The highest BCUT2D eigenvalue weighted by Gasteiger charge is 2.43. The zero-order chi connectivity index (χ0) is 18.5. The molecule has 2 aliphatic heterocycles. The predicted octanol–water partition coefficient (Wildman–Crippen LogP) is 4.55. The number of alkyl halides is 3. The second kappa shape index (κ2) is 6.22. The molecule has 2 aromatic rings. The van der Waals surface area contributed by atoms with Gasteiger partial charge in [-0.3, -0.25) is 0 Å². The summed E-state index contributed by atoms with van der Waals surface area (Å²) in [6.45, 7) is 0. The van der Waals surface area contributed by atoms with Crippen LogP contribution < -0.4 is 5.32 Å². The minimum Gasteiger partial charge on any atom is -0.314 e. The molecule has 1 aromatic heterocycles. The fourth-order valence-electron chi connectivity index (χ4n) is 3.74. The zero-order valence-electron chi connectivity index (χ0n) is 13.4. The molecule has 136 valence electrons. The highest BCUT2D eigenvalue weighted by molar-refractivity contribution is 9.10. The largest absolute Gasteiger partial charge is 0.417 e. The van der Waals surface area contributed by atoms with Crippen LogP contribution in [0.5, 0.6) is 0 Å². The van der Waals surface area contributed by atoms with Crippen LogP contribution in [-0.4, -0.2) is 26.9 Å². The van der Waals surface area contributed by atoms with Crippen molar-refractivity contribution in [2.24, 2.45) is 0 Å². The van der Waals surface area contributed by atoms with Gasteiger partial charge >= 0.3 is 12.2 Å². The number of urea groups is 1. The van der Waals surface area contributed by atoms with Gasteiger partial charge in [0.2, 0.25) is 0 Å². The Hall–Kier alpha value is -2.16. The number of halogens is 4. The Balaban J connectivity index is 1.56. The number of carbonyl (C=O) groups excluding carboxylic acids is 1. The topological polar surface area (TPSA) is 58.1 Å². The molecule has 1 fully saturated rings. The van der Waals surface area contributed by atoms with Gasteiger partial charge in [-0.1, -0.05) is 15.9 Å². The number of benzene rings is 1. The summed E-state index contributed by atoms with van der Waals surface area (Å²) in [4.78, 5) is 22.9. The van der Waals surface area contributed by atoms with Gasteiger partial charge in [0.05, 0.1) is 17.3 Å². The van der Waals surface area contributed by atoms with Crippen molar-refractivity contribution < 1.29 is 18.0 Å². The van der Waals surface area contributed by atoms with Gasteiger partial charge in [0.15, 0.2) is 0 Å². The molecule has 2 unspecified atom stereocenters. The molecule has 2 aliphatic rings. The van der Waals surface area contributed by atoms with Gasteiger partial charge in [-0.05, 0) is 31.0 Å². The lowest BCUT2D eigenvalue weighted by atomic mass is 10.00. The fourth-order valence-corrected chi connectivity index (χ4v) is 4.35. The monoisotopic (exact) mass is 426 g/mol. The molecule has 0 aliphatic carbocycles. The van der Waals surface area contributed by atoms with Gasteiger partial charge in [0.1, 0.15) is 6.33 Å². The molecule has 2 atom stereocenters. The van der Waals surface area contributed by atoms with Crippen molar-refractivity contribution in [3.8, 4) is 0 Å². The van der Waals surface area contributed by atoms with Crippen molar-refractivity contribution in [3.63, 3.8) is 0 Å². The molecular formula is C17H14BrF3N4O. The van der Waals surface area contributed by atoms with Crippen molar-refractivity contribution in [2.75, 3.05) is 5.32 Å². The minimum absolute atomic E-state index is 0.0419. The highest BCUT2D eigenvalue weighted by atomic mass is 79.9. The van der Waals surface area contributed by atoms with Crippen LogP contribution in [0.3, 0.4) is 0 Å². The van der Waals surface area contributed by atoms with E-state index in [1.165, 1.54) is 18.5 Å². The van der Waals surface area contributed by atoms with Gasteiger partial charge in [0, 0.05) is 34.4 Å². The zero-order valence-corrected chi connectivity index (χ0v) is 15.0. The van der Waals surface area contributed by atoms with E-state index in [9.17, 15) is 18.0 Å². The third-order valence-corrected chi connectivity index (χ3v) is 5.53. The van der Waals surface area contributed by atoms with E-state index in [4.69, 9.17) is 0 Å². The standard InChI is InChI=1S/C17H14BrF3N4O/c18-13-5-9(1-3-12(13)17(19,20)21)24-16(26)25-10-2-4-15(25)11-7-22-8-23-14(11)6-10/h1,3,5,7-8,10,15H,2,4,6H2,(H,24,26). The molecule has 2 amide bonds. The molecule has 26 heavy (non-hydrogen) atoms. The minimum atomic E-state index is -4.45. The Kier molecular flexibility index (Phi) is 4.13. The van der Waals surface area contributed by atoms with Crippen LogP contribution in [0.4, 0.5) is 23.7 Å². The summed E-state index contributed by atoms with van der Waals surface area (Å²) in [5.41, 5.74) is 1.45. The first kappa shape index (κ1) is 17.3. The van der Waals surface area contributed by atoms with Crippen LogP contribution in [0.1, 0.15) is 35.7 Å². The maximum atomic E-state index is 12.8. The van der Waals surface area contributed by atoms with Crippen LogP contribution >= 0.6 is 15.9 Å². The summed E-state index contributed by atoms with van der Waals surface area (Å²) >= 11 is 2.92. The second-order valence-corrected chi connectivity index (χ2v) is 7.26. The number of anilines is 1. The lowest BCUT2D eigenvalue weighted by Crippen LogP contribution is -2.44. The van der Waals surface area contributed by atoms with Crippen molar-refractivity contribution in [2.45, 2.75) is 37.5 Å². The van der Waals surface area contributed by atoms with Crippen molar-refractivity contribution in [1.29, 1.82) is 0 Å². The third-order valence-electron chi connectivity index (χ3n) is 4.88. The number of rotatable bonds is 1. The first-order valence-corrected chi connectivity index (χ1v) is 8.88. The first-order valence-electron chi connectivity index (χ1n) is 8.09. The summed E-state index contributed by atoms with van der Waals surface area (Å²) in [5, 5.41) is 2.71. The molecule has 1 N–H and O–H groups in total. The van der Waals surface area contributed by atoms with Crippen molar-refractivity contribution >= 4 is 27.6 Å². The van der Waals surface area contributed by atoms with E-state index in [1.807, 2.05) is 0 Å². The third kappa shape index (κ3) is 2.94. The fraction of sp³-hybridized carbons (Fsp3) is 0.353. The average Bonchev–Trinajstić information content (AvgIpc) is 2.89. The molecular weight excluding hydrogens is 413 g/mol. The molecule has 2 bridgehead atoms. The van der Waals surface area contributed by atoms with Gasteiger partial charge in [0.25, 0.3) is 0 Å². The van der Waals surface area contributed by atoms with Crippen LogP contribution in [0.2, 0.25) is 0 Å². The number of nitrogens with one attached hydrogen (secondary N) is 1. The van der Waals surface area contributed by atoms with E-state index in [1.54, 1.807) is 11.1 Å². The Morgan fingerprint density at radius 1 is 1.31 bits per heavy atom. The number of aromatic nitrogens is 2. The predicted molar refractivity (Wildman–Crippen MR) is 91.5 cm³/mol. The van der Waals surface area contributed by atoms with Gasteiger partial charge < -0.3 is 10.2 Å². The maximum absolute atomic E-state index is 12.8. The summed E-state index contributed by atoms with van der Waals surface area (Å²) in [6, 6.07) is 3.10. The van der Waals surface area contributed by atoms with Crippen LogP contribution in [0, 0.1) is 0 Å². The number of hydrogen-bond acceptors (Lipinski definition) is 3. The molecule has 0 radical (unpaired) electrons. The van der Waals surface area contributed by atoms with E-state index in [-0.39, 0.29) is 22.6 Å². The molecule has 1 saturated heterocycles. The number of hydrogen-bond donors (Lipinski definition) is 1. The first-order chi connectivity index (χ1) is 12.3. The van der Waals surface area contributed by atoms with Crippen molar-refractivity contribution in [1.82, 2.24) is 14.9 Å².